The molecular weight excluding hydrogens is 244 g/mol. The molecule has 2 aromatic rings. The highest BCUT2D eigenvalue weighted by atomic mass is 19.2. The van der Waals surface area contributed by atoms with E-state index in [2.05, 4.69) is 0 Å². The van der Waals surface area contributed by atoms with E-state index in [4.69, 9.17) is 5.73 Å². The zero-order chi connectivity index (χ0) is 14.0. The molecule has 0 saturated heterocycles. The van der Waals surface area contributed by atoms with Crippen LogP contribution in [0.25, 0.3) is 11.1 Å². The highest BCUT2D eigenvalue weighted by Crippen LogP contribution is 2.27. The van der Waals surface area contributed by atoms with Crippen LogP contribution in [-0.4, -0.2) is 0 Å². The van der Waals surface area contributed by atoms with Gasteiger partial charge in [-0.3, -0.25) is 0 Å². The normalized spacial score (nSPS) is 12.5. The third-order valence-electron chi connectivity index (χ3n) is 3.37. The molecule has 0 aromatic heterocycles. The average Bonchev–Trinajstić information content (AvgIpc) is 2.44. The Balaban J connectivity index is 2.40. The molecule has 2 aromatic carbocycles. The van der Waals surface area contributed by atoms with Gasteiger partial charge in [-0.1, -0.05) is 43.3 Å². The molecule has 0 fully saturated rings. The summed E-state index contributed by atoms with van der Waals surface area (Å²) in [5.41, 5.74) is 8.17. The first-order valence-electron chi connectivity index (χ1n) is 6.35. The number of benzene rings is 2. The number of nitrogens with two attached hydrogens (primary N) is 1. The van der Waals surface area contributed by atoms with Gasteiger partial charge in [-0.05, 0) is 30.0 Å². The van der Waals surface area contributed by atoms with Crippen LogP contribution in [0.3, 0.4) is 0 Å². The van der Waals surface area contributed by atoms with E-state index in [1.807, 2.05) is 19.1 Å². The van der Waals surface area contributed by atoms with Gasteiger partial charge in [0.15, 0.2) is 11.6 Å². The van der Waals surface area contributed by atoms with Gasteiger partial charge in [0.05, 0.1) is 0 Å². The Kier molecular flexibility index (Phi) is 3.96. The van der Waals surface area contributed by atoms with Crippen molar-refractivity contribution in [1.29, 1.82) is 0 Å². The number of hydrogen-bond donors (Lipinski definition) is 1. The van der Waals surface area contributed by atoms with E-state index in [1.165, 1.54) is 0 Å². The predicted octanol–water partition coefficient (Wildman–Crippen LogP) is 4.35. The first-order chi connectivity index (χ1) is 9.04. The minimum atomic E-state index is -0.799. The zero-order valence-corrected chi connectivity index (χ0v) is 11.1. The fraction of sp³-hybridized carbons (Fsp3) is 0.250. The topological polar surface area (TPSA) is 26.0 Å². The SMILES string of the molecule is CCC(N)c1ccc(-c2ccc(C)c(F)c2F)cc1. The molecule has 0 saturated carbocycles. The summed E-state index contributed by atoms with van der Waals surface area (Å²) in [6.07, 6.45) is 0.840. The lowest BCUT2D eigenvalue weighted by molar-refractivity contribution is 0.505. The fourth-order valence-electron chi connectivity index (χ4n) is 2.01. The van der Waals surface area contributed by atoms with Crippen LogP contribution in [0.4, 0.5) is 8.78 Å². The Morgan fingerprint density at radius 1 is 1.00 bits per heavy atom. The van der Waals surface area contributed by atoms with E-state index in [1.54, 1.807) is 31.2 Å². The molecule has 0 aliphatic heterocycles. The molecule has 19 heavy (non-hydrogen) atoms. The molecule has 0 heterocycles. The Morgan fingerprint density at radius 2 is 1.63 bits per heavy atom. The number of aryl methyl sites for hydroxylation is 1. The second-order valence-corrected chi connectivity index (χ2v) is 4.69. The first-order valence-corrected chi connectivity index (χ1v) is 6.35. The van der Waals surface area contributed by atoms with Crippen LogP contribution in [0.2, 0.25) is 0 Å². The maximum atomic E-state index is 13.9. The second kappa shape index (κ2) is 5.49. The molecule has 0 bridgehead atoms. The van der Waals surface area contributed by atoms with Crippen LogP contribution in [0, 0.1) is 18.6 Å². The van der Waals surface area contributed by atoms with E-state index >= 15 is 0 Å². The van der Waals surface area contributed by atoms with Crippen molar-refractivity contribution >= 4 is 0 Å². The van der Waals surface area contributed by atoms with Gasteiger partial charge >= 0.3 is 0 Å². The Morgan fingerprint density at radius 3 is 2.21 bits per heavy atom. The van der Waals surface area contributed by atoms with Crippen LogP contribution in [0.5, 0.6) is 0 Å². The van der Waals surface area contributed by atoms with E-state index in [0.717, 1.165) is 12.0 Å². The van der Waals surface area contributed by atoms with Crippen LogP contribution < -0.4 is 5.73 Å². The lowest BCUT2D eigenvalue weighted by atomic mass is 9.99. The zero-order valence-electron chi connectivity index (χ0n) is 11.1. The molecule has 100 valence electrons. The van der Waals surface area contributed by atoms with Gasteiger partial charge in [0.2, 0.25) is 0 Å². The summed E-state index contributed by atoms with van der Waals surface area (Å²) < 4.78 is 27.4. The molecular formula is C16H17F2N. The number of rotatable bonds is 3. The predicted molar refractivity (Wildman–Crippen MR) is 73.8 cm³/mol. The van der Waals surface area contributed by atoms with Gasteiger partial charge in [0, 0.05) is 11.6 Å². The van der Waals surface area contributed by atoms with Crippen LogP contribution >= 0.6 is 0 Å². The van der Waals surface area contributed by atoms with Crippen molar-refractivity contribution in [2.24, 2.45) is 5.73 Å². The van der Waals surface area contributed by atoms with Crippen molar-refractivity contribution < 1.29 is 8.78 Å². The molecule has 2 N–H and O–H groups in total. The molecule has 1 atom stereocenters. The second-order valence-electron chi connectivity index (χ2n) is 4.69. The lowest BCUT2D eigenvalue weighted by Crippen LogP contribution is -2.08. The Labute approximate surface area is 112 Å². The van der Waals surface area contributed by atoms with Gasteiger partial charge in [-0.25, -0.2) is 8.78 Å². The molecule has 1 unspecified atom stereocenters. The summed E-state index contributed by atoms with van der Waals surface area (Å²) in [6, 6.07) is 10.4. The largest absolute Gasteiger partial charge is 0.324 e. The van der Waals surface area contributed by atoms with E-state index in [0.29, 0.717) is 11.1 Å². The van der Waals surface area contributed by atoms with Gasteiger partial charge < -0.3 is 5.73 Å². The van der Waals surface area contributed by atoms with E-state index < -0.39 is 11.6 Å². The van der Waals surface area contributed by atoms with Gasteiger partial charge in [-0.2, -0.15) is 0 Å². The van der Waals surface area contributed by atoms with Crippen molar-refractivity contribution in [2.45, 2.75) is 26.3 Å². The summed E-state index contributed by atoms with van der Waals surface area (Å²) >= 11 is 0. The van der Waals surface area contributed by atoms with E-state index in [-0.39, 0.29) is 11.6 Å². The molecule has 0 radical (unpaired) electrons. The summed E-state index contributed by atoms with van der Waals surface area (Å²) in [7, 11) is 0. The van der Waals surface area contributed by atoms with Crippen molar-refractivity contribution in [3.05, 3.63) is 59.2 Å². The minimum absolute atomic E-state index is 0.0198. The van der Waals surface area contributed by atoms with Crippen LogP contribution in [0.1, 0.15) is 30.5 Å². The highest BCUT2D eigenvalue weighted by Gasteiger charge is 2.12. The molecule has 3 heteroatoms. The molecule has 0 aliphatic rings. The number of hydrogen-bond acceptors (Lipinski definition) is 1. The lowest BCUT2D eigenvalue weighted by Gasteiger charge is -2.11. The summed E-state index contributed by atoms with van der Waals surface area (Å²) in [6.45, 7) is 3.55. The first kappa shape index (κ1) is 13.7. The van der Waals surface area contributed by atoms with Crippen molar-refractivity contribution in [3.63, 3.8) is 0 Å². The van der Waals surface area contributed by atoms with Crippen LogP contribution in [0.15, 0.2) is 36.4 Å². The highest BCUT2D eigenvalue weighted by molar-refractivity contribution is 5.65. The van der Waals surface area contributed by atoms with Crippen molar-refractivity contribution in [2.75, 3.05) is 0 Å². The summed E-state index contributed by atoms with van der Waals surface area (Å²) in [5.74, 6) is -1.58. The standard InChI is InChI=1S/C16H17F2N/c1-3-14(19)12-7-5-11(6-8-12)13-9-4-10(2)15(17)16(13)18/h4-9,14H,3,19H2,1-2H3. The molecule has 1 nitrogen and oxygen atoms in total. The fourth-order valence-corrected chi connectivity index (χ4v) is 2.01. The number of halogens is 2. The summed E-state index contributed by atoms with van der Waals surface area (Å²) in [5, 5.41) is 0. The Bertz CT molecular complexity index is 576. The monoisotopic (exact) mass is 261 g/mol. The minimum Gasteiger partial charge on any atom is -0.324 e. The Hall–Kier alpha value is -1.74. The van der Waals surface area contributed by atoms with Crippen molar-refractivity contribution in [3.8, 4) is 11.1 Å². The summed E-state index contributed by atoms with van der Waals surface area (Å²) in [4.78, 5) is 0. The van der Waals surface area contributed by atoms with Gasteiger partial charge in [0.25, 0.3) is 0 Å². The molecule has 0 spiro atoms. The van der Waals surface area contributed by atoms with Crippen molar-refractivity contribution in [1.82, 2.24) is 0 Å². The third-order valence-corrected chi connectivity index (χ3v) is 3.37. The average molecular weight is 261 g/mol. The molecule has 0 amide bonds. The maximum absolute atomic E-state index is 13.9. The maximum Gasteiger partial charge on any atom is 0.166 e. The molecule has 2 rings (SSSR count). The molecule has 0 aliphatic carbocycles. The van der Waals surface area contributed by atoms with Gasteiger partial charge in [-0.15, -0.1) is 0 Å². The third kappa shape index (κ3) is 2.66. The van der Waals surface area contributed by atoms with Crippen LogP contribution in [-0.2, 0) is 0 Å². The quantitative estimate of drug-likeness (QED) is 0.873. The van der Waals surface area contributed by atoms with Gasteiger partial charge in [0.1, 0.15) is 0 Å². The van der Waals surface area contributed by atoms with E-state index in [9.17, 15) is 8.78 Å². The smallest absolute Gasteiger partial charge is 0.166 e.